The van der Waals surface area contributed by atoms with Crippen molar-refractivity contribution in [1.29, 1.82) is 0 Å². The van der Waals surface area contributed by atoms with Crippen LogP contribution in [-0.2, 0) is 0 Å². The highest BCUT2D eigenvalue weighted by atomic mass is 32.1. The summed E-state index contributed by atoms with van der Waals surface area (Å²) in [6, 6.07) is 2.16. The lowest BCUT2D eigenvalue weighted by molar-refractivity contribution is 0.355. The van der Waals surface area contributed by atoms with Gasteiger partial charge < -0.3 is 20.4 Å². The number of anilines is 3. The van der Waals surface area contributed by atoms with E-state index < -0.39 is 0 Å². The summed E-state index contributed by atoms with van der Waals surface area (Å²) in [5.41, 5.74) is 0. The zero-order valence-corrected chi connectivity index (χ0v) is 18.0. The van der Waals surface area contributed by atoms with E-state index in [1.807, 2.05) is 0 Å². The van der Waals surface area contributed by atoms with E-state index in [1.54, 1.807) is 0 Å². The van der Waals surface area contributed by atoms with Gasteiger partial charge in [-0.2, -0.15) is 9.97 Å². The van der Waals surface area contributed by atoms with E-state index in [9.17, 15) is 0 Å². The van der Waals surface area contributed by atoms with Crippen molar-refractivity contribution in [3.05, 3.63) is 6.07 Å². The van der Waals surface area contributed by atoms with E-state index in [4.69, 9.17) is 22.2 Å². The standard InChI is InChI=1S/C20H34N6S/c1-14(2)11-21-20(27)24-19-22-17(25-7-5-6-8-25)10-18(23-19)26-12-15(3)9-16(4)13-26/h10,14-16H,5-9,11-13H2,1-4H3,(H2,21,22,23,24,27)/t15-,16+. The van der Waals surface area contributed by atoms with Crippen molar-refractivity contribution in [1.82, 2.24) is 15.3 Å². The first-order valence-electron chi connectivity index (χ1n) is 10.3. The molecule has 6 nitrogen and oxygen atoms in total. The topological polar surface area (TPSA) is 56.3 Å². The summed E-state index contributed by atoms with van der Waals surface area (Å²) in [5.74, 6) is 4.53. The fourth-order valence-corrected chi connectivity index (χ4v) is 4.22. The first-order chi connectivity index (χ1) is 12.9. The van der Waals surface area contributed by atoms with Crippen LogP contribution in [0.5, 0.6) is 0 Å². The van der Waals surface area contributed by atoms with Gasteiger partial charge >= 0.3 is 0 Å². The van der Waals surface area contributed by atoms with Crippen LogP contribution in [0.2, 0.25) is 0 Å². The van der Waals surface area contributed by atoms with Gasteiger partial charge in [-0.15, -0.1) is 0 Å². The number of piperidine rings is 1. The van der Waals surface area contributed by atoms with Crippen LogP contribution in [0.25, 0.3) is 0 Å². The Morgan fingerprint density at radius 3 is 2.30 bits per heavy atom. The molecule has 150 valence electrons. The number of aromatic nitrogens is 2. The number of hydrogen-bond acceptors (Lipinski definition) is 5. The molecule has 0 radical (unpaired) electrons. The predicted octanol–water partition coefficient (Wildman–Crippen LogP) is 3.50. The van der Waals surface area contributed by atoms with Gasteiger partial charge in [-0.3, -0.25) is 0 Å². The predicted molar refractivity (Wildman–Crippen MR) is 118 cm³/mol. The van der Waals surface area contributed by atoms with E-state index in [0.717, 1.165) is 44.4 Å². The number of nitrogens with zero attached hydrogens (tertiary/aromatic N) is 4. The Labute approximate surface area is 169 Å². The lowest BCUT2D eigenvalue weighted by Crippen LogP contribution is -2.39. The van der Waals surface area contributed by atoms with Crippen LogP contribution in [0.15, 0.2) is 6.07 Å². The van der Waals surface area contributed by atoms with Crippen molar-refractivity contribution >= 4 is 34.9 Å². The zero-order chi connectivity index (χ0) is 19.4. The number of nitrogens with one attached hydrogen (secondary N) is 2. The Kier molecular flexibility index (Phi) is 6.73. The number of thiocarbonyl (C=S) groups is 1. The lowest BCUT2D eigenvalue weighted by atomic mass is 9.92. The van der Waals surface area contributed by atoms with Crippen LogP contribution in [0.1, 0.15) is 47.0 Å². The van der Waals surface area contributed by atoms with Gasteiger partial charge in [-0.1, -0.05) is 27.7 Å². The summed E-state index contributed by atoms with van der Waals surface area (Å²) in [5, 5.41) is 7.04. The lowest BCUT2D eigenvalue weighted by Gasteiger charge is -2.36. The molecule has 0 saturated carbocycles. The minimum absolute atomic E-state index is 0.536. The number of hydrogen-bond donors (Lipinski definition) is 2. The van der Waals surface area contributed by atoms with Crippen molar-refractivity contribution < 1.29 is 0 Å². The molecule has 2 fully saturated rings. The third kappa shape index (κ3) is 5.67. The molecule has 1 aromatic rings. The zero-order valence-electron chi connectivity index (χ0n) is 17.2. The fraction of sp³-hybridized carbons (Fsp3) is 0.750. The molecular weight excluding hydrogens is 356 g/mol. The minimum atomic E-state index is 0.536. The molecule has 2 aliphatic heterocycles. The van der Waals surface area contributed by atoms with Crippen molar-refractivity contribution in [2.45, 2.75) is 47.0 Å². The van der Waals surface area contributed by atoms with Crippen LogP contribution < -0.4 is 20.4 Å². The monoisotopic (exact) mass is 390 g/mol. The Balaban J connectivity index is 1.81. The molecule has 2 N–H and O–H groups in total. The molecule has 27 heavy (non-hydrogen) atoms. The van der Waals surface area contributed by atoms with Crippen LogP contribution >= 0.6 is 12.2 Å². The summed E-state index contributed by atoms with van der Waals surface area (Å²) < 4.78 is 0. The van der Waals surface area contributed by atoms with Crippen LogP contribution in [0.4, 0.5) is 17.6 Å². The second kappa shape index (κ2) is 9.04. The normalized spacial score (nSPS) is 23.0. The fourth-order valence-electron chi connectivity index (χ4n) is 4.04. The quantitative estimate of drug-likeness (QED) is 0.746. The van der Waals surface area contributed by atoms with Crippen molar-refractivity contribution in [2.75, 3.05) is 47.8 Å². The first kappa shape index (κ1) is 20.1. The number of rotatable bonds is 5. The Bertz CT molecular complexity index is 633. The molecule has 3 heterocycles. The van der Waals surface area contributed by atoms with Gasteiger partial charge in [0.25, 0.3) is 0 Å². The molecular formula is C20H34N6S. The summed E-state index contributed by atoms with van der Waals surface area (Å²) >= 11 is 5.44. The van der Waals surface area contributed by atoms with Gasteiger partial charge in [0.05, 0.1) is 0 Å². The van der Waals surface area contributed by atoms with Crippen LogP contribution in [-0.4, -0.2) is 47.8 Å². The average Bonchev–Trinajstić information content (AvgIpc) is 3.13. The van der Waals surface area contributed by atoms with E-state index in [-0.39, 0.29) is 0 Å². The molecule has 0 aliphatic carbocycles. The molecule has 2 atom stereocenters. The maximum absolute atomic E-state index is 5.44. The molecule has 0 spiro atoms. The van der Waals surface area contributed by atoms with E-state index in [2.05, 4.69) is 54.2 Å². The van der Waals surface area contributed by atoms with Gasteiger partial charge in [0.2, 0.25) is 5.95 Å². The van der Waals surface area contributed by atoms with Gasteiger partial charge in [-0.05, 0) is 49.2 Å². The summed E-state index contributed by atoms with van der Waals surface area (Å²) in [6.07, 6.45) is 3.75. The molecule has 2 aliphatic rings. The Morgan fingerprint density at radius 1 is 1.11 bits per heavy atom. The van der Waals surface area contributed by atoms with E-state index in [1.165, 1.54) is 19.3 Å². The molecule has 3 rings (SSSR count). The third-order valence-corrected chi connectivity index (χ3v) is 5.46. The first-order valence-corrected chi connectivity index (χ1v) is 10.8. The highest BCUT2D eigenvalue weighted by Gasteiger charge is 2.25. The smallest absolute Gasteiger partial charge is 0.232 e. The molecule has 2 saturated heterocycles. The maximum Gasteiger partial charge on any atom is 0.232 e. The second-order valence-corrected chi connectivity index (χ2v) is 9.09. The molecule has 0 amide bonds. The maximum atomic E-state index is 5.44. The van der Waals surface area contributed by atoms with Gasteiger partial charge in [0.15, 0.2) is 5.11 Å². The largest absolute Gasteiger partial charge is 0.362 e. The average molecular weight is 391 g/mol. The molecule has 0 unspecified atom stereocenters. The van der Waals surface area contributed by atoms with Crippen LogP contribution in [0, 0.1) is 17.8 Å². The van der Waals surface area contributed by atoms with E-state index in [0.29, 0.717) is 28.8 Å². The highest BCUT2D eigenvalue weighted by Crippen LogP contribution is 2.29. The highest BCUT2D eigenvalue weighted by molar-refractivity contribution is 7.80. The van der Waals surface area contributed by atoms with Crippen molar-refractivity contribution in [3.63, 3.8) is 0 Å². The summed E-state index contributed by atoms with van der Waals surface area (Å²) in [6.45, 7) is 14.1. The summed E-state index contributed by atoms with van der Waals surface area (Å²) in [7, 11) is 0. The van der Waals surface area contributed by atoms with Crippen molar-refractivity contribution in [2.24, 2.45) is 17.8 Å². The van der Waals surface area contributed by atoms with Gasteiger partial charge in [0.1, 0.15) is 11.6 Å². The summed E-state index contributed by atoms with van der Waals surface area (Å²) in [4.78, 5) is 14.4. The third-order valence-electron chi connectivity index (χ3n) is 5.22. The molecule has 7 heteroatoms. The van der Waals surface area contributed by atoms with Crippen molar-refractivity contribution in [3.8, 4) is 0 Å². The second-order valence-electron chi connectivity index (χ2n) is 8.68. The Morgan fingerprint density at radius 2 is 1.70 bits per heavy atom. The van der Waals surface area contributed by atoms with Gasteiger partial charge in [-0.25, -0.2) is 0 Å². The molecule has 1 aromatic heterocycles. The Hall–Kier alpha value is -1.63. The minimum Gasteiger partial charge on any atom is -0.362 e. The molecule has 0 aromatic carbocycles. The van der Waals surface area contributed by atoms with E-state index >= 15 is 0 Å². The molecule has 0 bridgehead atoms. The van der Waals surface area contributed by atoms with Gasteiger partial charge in [0, 0.05) is 38.8 Å². The van der Waals surface area contributed by atoms with Crippen LogP contribution in [0.3, 0.4) is 0 Å². The SMILES string of the molecule is CC(C)CNC(=S)Nc1nc(N2CCCC2)cc(N2C[C@H](C)C[C@H](C)C2)n1.